The highest BCUT2D eigenvalue weighted by Gasteiger charge is 2.77. The van der Waals surface area contributed by atoms with E-state index in [9.17, 15) is 24.6 Å². The van der Waals surface area contributed by atoms with Crippen LogP contribution in [0.1, 0.15) is 19.8 Å². The van der Waals surface area contributed by atoms with Crippen molar-refractivity contribution in [3.63, 3.8) is 0 Å². The van der Waals surface area contributed by atoms with Gasteiger partial charge in [-0.1, -0.05) is 28.9 Å². The molecule has 2 N–H and O–H groups in total. The molecule has 4 heterocycles. The molecule has 4 rings (SSSR count). The zero-order valence-electron chi connectivity index (χ0n) is 19.5. The lowest BCUT2D eigenvalue weighted by atomic mass is 9.70. The van der Waals surface area contributed by atoms with Crippen molar-refractivity contribution in [2.45, 2.75) is 48.4 Å². The first kappa shape index (κ1) is 25.6. The van der Waals surface area contributed by atoms with Crippen LogP contribution in [0.3, 0.4) is 0 Å². The summed E-state index contributed by atoms with van der Waals surface area (Å²) in [6.07, 6.45) is 1.76. The van der Waals surface area contributed by atoms with Crippen molar-refractivity contribution < 1.29 is 34.1 Å². The molecule has 1 unspecified atom stereocenters. The second kappa shape index (κ2) is 10.2. The Morgan fingerprint density at radius 2 is 2.09 bits per heavy atom. The van der Waals surface area contributed by atoms with E-state index < -0.39 is 47.5 Å². The molecule has 4 aliphatic heterocycles. The number of alkyl halides is 1. The molecular weight excluding hydrogens is 510 g/mol. The number of aliphatic carboxylic acids is 1. The molecule has 0 aromatic heterocycles. The first-order valence-corrected chi connectivity index (χ1v) is 12.9. The zero-order chi connectivity index (χ0) is 24.6. The van der Waals surface area contributed by atoms with Crippen molar-refractivity contribution in [2.75, 3.05) is 52.5 Å². The molecule has 4 saturated heterocycles. The van der Waals surface area contributed by atoms with Gasteiger partial charge in [-0.2, -0.15) is 0 Å². The Hall–Kier alpha value is -1.53. The summed E-state index contributed by atoms with van der Waals surface area (Å²) in [6, 6.07) is -1.60. The Labute approximate surface area is 208 Å². The molecule has 4 fully saturated rings. The highest BCUT2D eigenvalue weighted by atomic mass is 79.9. The number of carbonyl (C=O) groups excluding carboxylic acids is 2. The lowest BCUT2D eigenvalue weighted by Crippen LogP contribution is -2.59. The minimum atomic E-state index is -1.24. The van der Waals surface area contributed by atoms with Gasteiger partial charge in [0.1, 0.15) is 11.6 Å². The van der Waals surface area contributed by atoms with Gasteiger partial charge in [-0.05, 0) is 12.8 Å². The monoisotopic (exact) mass is 543 g/mol. The van der Waals surface area contributed by atoms with E-state index in [0.717, 1.165) is 13.1 Å². The Balaban J connectivity index is 1.68. The lowest BCUT2D eigenvalue weighted by Gasteiger charge is -2.39. The van der Waals surface area contributed by atoms with Crippen LogP contribution in [-0.2, 0) is 23.9 Å². The van der Waals surface area contributed by atoms with Crippen LogP contribution in [0, 0.1) is 11.8 Å². The normalized spacial score (nSPS) is 35.9. The summed E-state index contributed by atoms with van der Waals surface area (Å²) in [7, 11) is 0. The predicted octanol–water partition coefficient (Wildman–Crippen LogP) is -0.0633. The predicted molar refractivity (Wildman–Crippen MR) is 125 cm³/mol. The fourth-order valence-electron chi connectivity index (χ4n) is 6.14. The molecule has 0 aromatic rings. The van der Waals surface area contributed by atoms with Gasteiger partial charge in [0.05, 0.1) is 43.8 Å². The Kier molecular flexibility index (Phi) is 7.68. The molecule has 0 radical (unpaired) electrons. The molecule has 0 aromatic carbocycles. The van der Waals surface area contributed by atoms with Crippen LogP contribution in [0.25, 0.3) is 0 Å². The number of amides is 2. The number of fused-ring (bicyclic) bond motifs is 1. The third-order valence-electron chi connectivity index (χ3n) is 7.77. The third-order valence-corrected chi connectivity index (χ3v) is 8.62. The van der Waals surface area contributed by atoms with Gasteiger partial charge in [0.2, 0.25) is 11.8 Å². The number of carboxylic acids is 1. The number of hydrogen-bond acceptors (Lipinski definition) is 7. The van der Waals surface area contributed by atoms with Crippen LogP contribution < -0.4 is 0 Å². The minimum absolute atomic E-state index is 0.275. The maximum absolute atomic E-state index is 14.1. The summed E-state index contributed by atoms with van der Waals surface area (Å²) >= 11 is 3.55. The van der Waals surface area contributed by atoms with Crippen LogP contribution >= 0.6 is 15.9 Å². The number of likely N-dealkylation sites (tertiary alicyclic amines) is 1. The van der Waals surface area contributed by atoms with Gasteiger partial charge in [0, 0.05) is 37.6 Å². The molecule has 4 aliphatic rings. The second-order valence-electron chi connectivity index (χ2n) is 9.52. The number of halogens is 1. The molecule has 1 spiro atoms. The Bertz CT molecular complexity index is 818. The highest BCUT2D eigenvalue weighted by molar-refractivity contribution is 9.09. The van der Waals surface area contributed by atoms with E-state index in [-0.39, 0.29) is 17.3 Å². The van der Waals surface area contributed by atoms with E-state index in [1.807, 2.05) is 6.92 Å². The van der Waals surface area contributed by atoms with Crippen molar-refractivity contribution in [2.24, 2.45) is 11.8 Å². The van der Waals surface area contributed by atoms with Gasteiger partial charge in [0.25, 0.3) is 0 Å². The summed E-state index contributed by atoms with van der Waals surface area (Å²) in [5, 5.41) is 20.0. The van der Waals surface area contributed by atoms with Crippen molar-refractivity contribution in [3.05, 3.63) is 12.7 Å². The maximum Gasteiger partial charge on any atom is 0.310 e. The second-order valence-corrected chi connectivity index (χ2v) is 10.7. The van der Waals surface area contributed by atoms with Crippen LogP contribution in [-0.4, -0.2) is 124 Å². The number of carboxylic acid groups (broad SMARTS) is 1. The maximum atomic E-state index is 14.1. The molecule has 190 valence electrons. The number of hydrogen-bond donors (Lipinski definition) is 2. The Morgan fingerprint density at radius 3 is 2.68 bits per heavy atom. The van der Waals surface area contributed by atoms with Crippen LogP contribution in [0.5, 0.6) is 0 Å². The number of morpholine rings is 1. The quantitative estimate of drug-likeness (QED) is 0.290. The molecular formula is C23H34BrN3O7. The number of aliphatic hydroxyl groups is 1. The molecule has 34 heavy (non-hydrogen) atoms. The minimum Gasteiger partial charge on any atom is -0.481 e. The average molecular weight is 544 g/mol. The van der Waals surface area contributed by atoms with Gasteiger partial charge in [-0.3, -0.25) is 19.3 Å². The SMILES string of the molecule is C=CCN(CCN1CCOCC1)C(=O)[C@H]1N([C@@H](CC)CO)C(=O)[C@@H]2[C@@H](C(=O)O)[C@@H]3O[C@@]21CC3Br. The largest absolute Gasteiger partial charge is 0.481 e. The number of rotatable bonds is 10. The molecule has 2 bridgehead atoms. The molecule has 2 amide bonds. The van der Waals surface area contributed by atoms with Crippen LogP contribution in [0.4, 0.5) is 0 Å². The fourth-order valence-corrected chi connectivity index (χ4v) is 7.09. The molecule has 11 heteroatoms. The third kappa shape index (κ3) is 4.09. The van der Waals surface area contributed by atoms with Crippen LogP contribution in [0.15, 0.2) is 12.7 Å². The van der Waals surface area contributed by atoms with Gasteiger partial charge < -0.3 is 29.5 Å². The van der Waals surface area contributed by atoms with Gasteiger partial charge >= 0.3 is 5.97 Å². The van der Waals surface area contributed by atoms with Crippen molar-refractivity contribution >= 4 is 33.7 Å². The smallest absolute Gasteiger partial charge is 0.310 e. The van der Waals surface area contributed by atoms with E-state index >= 15 is 0 Å². The van der Waals surface area contributed by atoms with E-state index in [0.29, 0.717) is 45.7 Å². The summed E-state index contributed by atoms with van der Waals surface area (Å²) in [6.45, 7) is 9.57. The topological polar surface area (TPSA) is 120 Å². The lowest BCUT2D eigenvalue weighted by molar-refractivity contribution is -0.153. The van der Waals surface area contributed by atoms with Crippen molar-refractivity contribution in [3.8, 4) is 0 Å². The number of ether oxygens (including phenoxy) is 2. The molecule has 0 aliphatic carbocycles. The summed E-state index contributed by atoms with van der Waals surface area (Å²) in [5.41, 5.74) is -1.24. The number of nitrogens with zero attached hydrogens (tertiary/aromatic N) is 3. The van der Waals surface area contributed by atoms with Crippen molar-refractivity contribution in [1.82, 2.24) is 14.7 Å². The standard InChI is InChI=1S/C23H34BrN3O7/c1-3-5-26(7-6-25-8-10-33-11-9-25)21(30)19-23-12-15(24)18(34-23)16(22(31)32)17(23)20(29)27(19)14(4-2)13-28/h3,14-19,28H,1,4-13H2,2H3,(H,31,32)/t14-,15?,16+,17-,18+,19+,23-/m0/s1. The first-order chi connectivity index (χ1) is 16.3. The first-order valence-electron chi connectivity index (χ1n) is 12.0. The number of aliphatic hydroxyl groups excluding tert-OH is 1. The molecule has 7 atom stereocenters. The van der Waals surface area contributed by atoms with E-state index in [4.69, 9.17) is 9.47 Å². The summed E-state index contributed by atoms with van der Waals surface area (Å²) in [4.78, 5) is 45.0. The fraction of sp³-hybridized carbons (Fsp3) is 0.783. The van der Waals surface area contributed by atoms with Gasteiger partial charge in [-0.15, -0.1) is 6.58 Å². The summed E-state index contributed by atoms with van der Waals surface area (Å²) in [5.74, 6) is -3.80. The number of carbonyl (C=O) groups is 3. The van der Waals surface area contributed by atoms with E-state index in [1.54, 1.807) is 11.0 Å². The summed E-state index contributed by atoms with van der Waals surface area (Å²) < 4.78 is 11.7. The molecule has 0 saturated carbocycles. The van der Waals surface area contributed by atoms with Crippen molar-refractivity contribution in [1.29, 1.82) is 0 Å². The Morgan fingerprint density at radius 1 is 1.38 bits per heavy atom. The van der Waals surface area contributed by atoms with Crippen LogP contribution in [0.2, 0.25) is 0 Å². The molecule has 10 nitrogen and oxygen atoms in total. The van der Waals surface area contributed by atoms with Gasteiger partial charge in [-0.25, -0.2) is 0 Å². The average Bonchev–Trinajstić information content (AvgIpc) is 3.42. The highest BCUT2D eigenvalue weighted by Crippen LogP contribution is 2.60. The van der Waals surface area contributed by atoms with E-state index in [2.05, 4.69) is 27.4 Å². The zero-order valence-corrected chi connectivity index (χ0v) is 21.1. The van der Waals surface area contributed by atoms with E-state index in [1.165, 1.54) is 4.90 Å². The van der Waals surface area contributed by atoms with Gasteiger partial charge in [0.15, 0.2) is 0 Å².